The Morgan fingerprint density at radius 2 is 1.75 bits per heavy atom. The highest BCUT2D eigenvalue weighted by atomic mass is 16.5. The molecule has 1 heterocycles. The molecule has 5 nitrogen and oxygen atoms in total. The lowest BCUT2D eigenvalue weighted by molar-refractivity contribution is -0.114. The Kier molecular flexibility index (Phi) is 6.48. The fraction of sp³-hybridized carbons (Fsp3) is 0.304. The molecule has 0 aliphatic carbocycles. The Balaban J connectivity index is 1.98. The number of phenolic OH excluding ortho intramolecular Hbond substituents is 2. The highest BCUT2D eigenvalue weighted by molar-refractivity contribution is 5.98. The Hall–Kier alpha value is -3.08. The first-order valence-electron chi connectivity index (χ1n) is 9.54. The summed E-state index contributed by atoms with van der Waals surface area (Å²) in [6.45, 7) is 0. The zero-order valence-corrected chi connectivity index (χ0v) is 15.6. The van der Waals surface area contributed by atoms with Gasteiger partial charge in [0.25, 0.3) is 0 Å². The summed E-state index contributed by atoms with van der Waals surface area (Å²) in [7, 11) is 0. The summed E-state index contributed by atoms with van der Waals surface area (Å²) in [6.07, 6.45) is 7.07. The second kappa shape index (κ2) is 9.22. The van der Waals surface area contributed by atoms with Crippen molar-refractivity contribution in [2.45, 2.75) is 44.6 Å². The van der Waals surface area contributed by atoms with E-state index in [9.17, 15) is 19.8 Å². The number of allylic oxidation sites excluding steroid dienone is 2. The highest BCUT2D eigenvalue weighted by Crippen LogP contribution is 2.32. The molecule has 2 aromatic carbocycles. The van der Waals surface area contributed by atoms with Crippen molar-refractivity contribution in [3.05, 3.63) is 71.3 Å². The molecule has 0 bridgehead atoms. The number of aromatic hydroxyl groups is 2. The van der Waals surface area contributed by atoms with Gasteiger partial charge >= 0.3 is 5.97 Å². The summed E-state index contributed by atoms with van der Waals surface area (Å²) in [5, 5.41) is 20.1. The van der Waals surface area contributed by atoms with E-state index in [-0.39, 0.29) is 29.1 Å². The van der Waals surface area contributed by atoms with E-state index in [0.29, 0.717) is 6.42 Å². The van der Waals surface area contributed by atoms with Crippen LogP contribution >= 0.6 is 0 Å². The smallest absolute Gasteiger partial charge is 0.342 e. The van der Waals surface area contributed by atoms with Gasteiger partial charge in [-0.05, 0) is 49.0 Å². The number of hydrogen-bond donors (Lipinski definition) is 2. The first kappa shape index (κ1) is 19.7. The number of esters is 1. The van der Waals surface area contributed by atoms with Gasteiger partial charge in [0.2, 0.25) is 0 Å². The maximum absolute atomic E-state index is 12.9. The molecule has 3 rings (SSSR count). The molecule has 0 amide bonds. The Morgan fingerprint density at radius 1 is 0.964 bits per heavy atom. The first-order chi connectivity index (χ1) is 13.5. The quantitative estimate of drug-likeness (QED) is 0.705. The summed E-state index contributed by atoms with van der Waals surface area (Å²) in [4.78, 5) is 25.1. The first-order valence-corrected chi connectivity index (χ1v) is 9.54. The number of hydrogen-bond acceptors (Lipinski definition) is 5. The molecule has 0 radical (unpaired) electrons. The molecular formula is C23H24O5. The van der Waals surface area contributed by atoms with Crippen molar-refractivity contribution in [3.8, 4) is 11.5 Å². The van der Waals surface area contributed by atoms with Crippen LogP contribution in [0.1, 0.15) is 59.7 Å². The average Bonchev–Trinajstić information content (AvgIpc) is 2.65. The maximum Gasteiger partial charge on any atom is 0.342 e. The molecule has 0 fully saturated rings. The molecule has 1 atom stereocenters. The van der Waals surface area contributed by atoms with Crippen LogP contribution < -0.4 is 0 Å². The third kappa shape index (κ3) is 5.00. The number of rotatable bonds is 1. The molecule has 1 aliphatic rings. The molecule has 146 valence electrons. The number of carbonyl (C=O) groups excluding carboxylic acids is 2. The fourth-order valence-electron chi connectivity index (χ4n) is 3.42. The SMILES string of the molecule is O=C1/C=C/CCCCC[C@H](c2ccccc2)OC(=O)c2c(O)cc(O)cc2C1. The largest absolute Gasteiger partial charge is 0.508 e. The van der Waals surface area contributed by atoms with Gasteiger partial charge in [0.05, 0.1) is 0 Å². The van der Waals surface area contributed by atoms with Crippen LogP contribution in [-0.2, 0) is 16.0 Å². The summed E-state index contributed by atoms with van der Waals surface area (Å²) in [5.41, 5.74) is 1.07. The minimum atomic E-state index is -0.699. The Labute approximate surface area is 164 Å². The van der Waals surface area contributed by atoms with Crippen molar-refractivity contribution < 1.29 is 24.5 Å². The third-order valence-corrected chi connectivity index (χ3v) is 4.81. The molecule has 0 saturated heterocycles. The predicted molar refractivity (Wildman–Crippen MR) is 105 cm³/mol. The molecule has 28 heavy (non-hydrogen) atoms. The van der Waals surface area contributed by atoms with Crippen molar-refractivity contribution in [2.75, 3.05) is 0 Å². The molecule has 0 aromatic heterocycles. The topological polar surface area (TPSA) is 83.8 Å². The van der Waals surface area contributed by atoms with Crippen molar-refractivity contribution in [1.29, 1.82) is 0 Å². The Bertz CT molecular complexity index is 870. The van der Waals surface area contributed by atoms with Crippen LogP contribution in [-0.4, -0.2) is 22.0 Å². The van der Waals surface area contributed by atoms with Gasteiger partial charge in [0.15, 0.2) is 5.78 Å². The van der Waals surface area contributed by atoms with E-state index in [2.05, 4.69) is 0 Å². The zero-order chi connectivity index (χ0) is 19.9. The van der Waals surface area contributed by atoms with Crippen LogP contribution in [0.25, 0.3) is 0 Å². The van der Waals surface area contributed by atoms with Gasteiger partial charge in [-0.15, -0.1) is 0 Å². The zero-order valence-electron chi connectivity index (χ0n) is 15.6. The molecule has 0 unspecified atom stereocenters. The van der Waals surface area contributed by atoms with Crippen molar-refractivity contribution >= 4 is 11.8 Å². The predicted octanol–water partition coefficient (Wildman–Crippen LogP) is 4.63. The Morgan fingerprint density at radius 3 is 2.54 bits per heavy atom. The average molecular weight is 380 g/mol. The van der Waals surface area contributed by atoms with Gasteiger partial charge in [-0.1, -0.05) is 42.8 Å². The summed E-state index contributed by atoms with van der Waals surface area (Å²) >= 11 is 0. The van der Waals surface area contributed by atoms with E-state index in [1.807, 2.05) is 36.4 Å². The lowest BCUT2D eigenvalue weighted by atomic mass is 9.98. The molecule has 2 N–H and O–H groups in total. The van der Waals surface area contributed by atoms with Gasteiger partial charge in [0, 0.05) is 12.5 Å². The number of cyclic esters (lactones) is 1. The van der Waals surface area contributed by atoms with Gasteiger partial charge in [-0.25, -0.2) is 4.79 Å². The fourth-order valence-corrected chi connectivity index (χ4v) is 3.42. The number of fused-ring (bicyclic) bond motifs is 1. The molecule has 1 aliphatic heterocycles. The normalized spacial score (nSPS) is 19.9. The van der Waals surface area contributed by atoms with Crippen LogP contribution in [0.3, 0.4) is 0 Å². The number of ether oxygens (including phenoxy) is 1. The van der Waals surface area contributed by atoms with Gasteiger partial charge < -0.3 is 14.9 Å². The third-order valence-electron chi connectivity index (χ3n) is 4.81. The molecule has 5 heteroatoms. The van der Waals surface area contributed by atoms with Crippen LogP contribution in [0.4, 0.5) is 0 Å². The number of benzene rings is 2. The van der Waals surface area contributed by atoms with E-state index in [1.165, 1.54) is 12.1 Å². The minimum Gasteiger partial charge on any atom is -0.508 e. The second-order valence-corrected chi connectivity index (χ2v) is 6.99. The maximum atomic E-state index is 12.9. The van der Waals surface area contributed by atoms with Crippen molar-refractivity contribution in [3.63, 3.8) is 0 Å². The minimum absolute atomic E-state index is 0.0717. The number of carbonyl (C=O) groups is 2. The number of phenols is 2. The van der Waals surface area contributed by atoms with E-state index >= 15 is 0 Å². The van der Waals surface area contributed by atoms with E-state index in [1.54, 1.807) is 0 Å². The van der Waals surface area contributed by atoms with Crippen molar-refractivity contribution in [1.82, 2.24) is 0 Å². The second-order valence-electron chi connectivity index (χ2n) is 6.99. The molecule has 2 aromatic rings. The molecule has 0 spiro atoms. The van der Waals surface area contributed by atoms with Crippen LogP contribution in [0.5, 0.6) is 11.5 Å². The standard InChI is InChI=1S/C23H24O5/c24-18-11-7-2-1-3-8-12-21(16-9-5-4-6-10-16)28-23(27)22-17(13-18)14-19(25)15-20(22)26/h4-7,9-11,14-15,21,25-26H,1-3,8,12-13H2/b11-7+/t21-/m1/s1. The summed E-state index contributed by atoms with van der Waals surface area (Å²) < 4.78 is 5.75. The van der Waals surface area contributed by atoms with Crippen LogP contribution in [0.15, 0.2) is 54.6 Å². The summed E-state index contributed by atoms with van der Waals surface area (Å²) in [5.74, 6) is -1.50. The number of ketones is 1. The van der Waals surface area contributed by atoms with Gasteiger partial charge in [-0.3, -0.25) is 4.79 Å². The van der Waals surface area contributed by atoms with E-state index in [4.69, 9.17) is 4.74 Å². The van der Waals surface area contributed by atoms with Crippen LogP contribution in [0.2, 0.25) is 0 Å². The van der Waals surface area contributed by atoms with Gasteiger partial charge in [0.1, 0.15) is 23.2 Å². The molecule has 0 saturated carbocycles. The van der Waals surface area contributed by atoms with E-state index in [0.717, 1.165) is 37.3 Å². The van der Waals surface area contributed by atoms with Gasteiger partial charge in [-0.2, -0.15) is 0 Å². The van der Waals surface area contributed by atoms with Crippen molar-refractivity contribution in [2.24, 2.45) is 0 Å². The monoisotopic (exact) mass is 380 g/mol. The molecular weight excluding hydrogens is 356 g/mol. The lowest BCUT2D eigenvalue weighted by Gasteiger charge is -2.20. The van der Waals surface area contributed by atoms with E-state index < -0.39 is 17.8 Å². The highest BCUT2D eigenvalue weighted by Gasteiger charge is 2.24. The lowest BCUT2D eigenvalue weighted by Crippen LogP contribution is -2.15. The van der Waals surface area contributed by atoms with Crippen LogP contribution in [0, 0.1) is 0 Å². The summed E-state index contributed by atoms with van der Waals surface area (Å²) in [6, 6.07) is 11.9.